The molecule has 1 fully saturated rings. The molecule has 1 aliphatic rings. The van der Waals surface area contributed by atoms with E-state index in [1.807, 2.05) is 20.0 Å². The van der Waals surface area contributed by atoms with E-state index in [1.165, 1.54) is 19.3 Å². The van der Waals surface area contributed by atoms with Gasteiger partial charge in [0, 0.05) is 25.8 Å². The van der Waals surface area contributed by atoms with Gasteiger partial charge in [-0.05, 0) is 25.7 Å². The Balaban J connectivity index is 2.09. The van der Waals surface area contributed by atoms with E-state index >= 15 is 0 Å². The Morgan fingerprint density at radius 2 is 2.11 bits per heavy atom. The van der Waals surface area contributed by atoms with Gasteiger partial charge >= 0.3 is 0 Å². The van der Waals surface area contributed by atoms with Gasteiger partial charge in [-0.25, -0.2) is 9.97 Å². The van der Waals surface area contributed by atoms with E-state index in [0.29, 0.717) is 25.2 Å². The first-order valence-electron chi connectivity index (χ1n) is 7.13. The number of aromatic nitrogens is 2. The van der Waals surface area contributed by atoms with E-state index in [-0.39, 0.29) is 0 Å². The fourth-order valence-electron chi connectivity index (χ4n) is 2.51. The maximum absolute atomic E-state index is 5.38. The SMILES string of the molecule is CCOCc1nc(NC)cc(NC2CCCC2C)n1. The summed E-state index contributed by atoms with van der Waals surface area (Å²) in [6, 6.07) is 2.49. The molecule has 2 rings (SSSR count). The molecule has 1 aromatic heterocycles. The largest absolute Gasteiger partial charge is 0.374 e. The topological polar surface area (TPSA) is 59.1 Å². The van der Waals surface area contributed by atoms with Crippen molar-refractivity contribution in [1.29, 1.82) is 0 Å². The molecule has 1 saturated carbocycles. The monoisotopic (exact) mass is 264 g/mol. The van der Waals surface area contributed by atoms with Crippen molar-refractivity contribution in [3.63, 3.8) is 0 Å². The summed E-state index contributed by atoms with van der Waals surface area (Å²) in [7, 11) is 1.87. The Morgan fingerprint density at radius 3 is 2.74 bits per heavy atom. The number of anilines is 2. The number of rotatable bonds is 6. The van der Waals surface area contributed by atoms with E-state index in [1.54, 1.807) is 0 Å². The number of nitrogens with zero attached hydrogens (tertiary/aromatic N) is 2. The van der Waals surface area contributed by atoms with Gasteiger partial charge in [0.2, 0.25) is 0 Å². The van der Waals surface area contributed by atoms with Crippen LogP contribution >= 0.6 is 0 Å². The summed E-state index contributed by atoms with van der Waals surface area (Å²) < 4.78 is 5.38. The minimum atomic E-state index is 0.459. The van der Waals surface area contributed by atoms with Crippen LogP contribution in [0.1, 0.15) is 38.9 Å². The molecule has 1 aliphatic carbocycles. The van der Waals surface area contributed by atoms with Gasteiger partial charge in [-0.1, -0.05) is 13.3 Å². The molecule has 0 saturated heterocycles. The molecule has 0 aromatic carbocycles. The number of nitrogens with one attached hydrogen (secondary N) is 2. The molecule has 106 valence electrons. The quantitative estimate of drug-likeness (QED) is 0.827. The van der Waals surface area contributed by atoms with Gasteiger partial charge in [-0.3, -0.25) is 0 Å². The molecule has 0 bridgehead atoms. The molecule has 1 aromatic rings. The predicted octanol–water partition coefficient (Wildman–Crippen LogP) is 2.66. The lowest BCUT2D eigenvalue weighted by Gasteiger charge is -2.18. The third-order valence-electron chi connectivity index (χ3n) is 3.66. The molecule has 0 radical (unpaired) electrons. The zero-order valence-electron chi connectivity index (χ0n) is 12.1. The van der Waals surface area contributed by atoms with Gasteiger partial charge in [0.05, 0.1) is 0 Å². The molecule has 0 spiro atoms. The van der Waals surface area contributed by atoms with Crippen LogP contribution in [-0.4, -0.2) is 29.7 Å². The van der Waals surface area contributed by atoms with Gasteiger partial charge in [0.1, 0.15) is 18.2 Å². The van der Waals surface area contributed by atoms with E-state index in [2.05, 4.69) is 27.5 Å². The second-order valence-corrected chi connectivity index (χ2v) is 5.10. The van der Waals surface area contributed by atoms with E-state index in [4.69, 9.17) is 4.74 Å². The molecule has 2 N–H and O–H groups in total. The standard InChI is InChI=1S/C14H24N4O/c1-4-19-9-14-17-12(15-3)8-13(18-14)16-11-7-5-6-10(11)2/h8,10-11H,4-7,9H2,1-3H3,(H2,15,16,17,18). The Kier molecular flexibility index (Phi) is 4.96. The fourth-order valence-corrected chi connectivity index (χ4v) is 2.51. The predicted molar refractivity (Wildman–Crippen MR) is 77.3 cm³/mol. The third-order valence-corrected chi connectivity index (χ3v) is 3.66. The summed E-state index contributed by atoms with van der Waals surface area (Å²) >= 11 is 0. The number of ether oxygens (including phenoxy) is 1. The Morgan fingerprint density at radius 1 is 1.32 bits per heavy atom. The van der Waals surface area contributed by atoms with Crippen molar-refractivity contribution in [3.05, 3.63) is 11.9 Å². The first-order chi connectivity index (χ1) is 9.22. The van der Waals surface area contributed by atoms with Crippen molar-refractivity contribution >= 4 is 11.6 Å². The van der Waals surface area contributed by atoms with Crippen molar-refractivity contribution < 1.29 is 4.74 Å². The lowest BCUT2D eigenvalue weighted by atomic mass is 10.1. The second kappa shape index (κ2) is 6.70. The first-order valence-corrected chi connectivity index (χ1v) is 7.13. The van der Waals surface area contributed by atoms with Crippen molar-refractivity contribution in [3.8, 4) is 0 Å². The van der Waals surface area contributed by atoms with Gasteiger partial charge < -0.3 is 15.4 Å². The molecule has 5 nitrogen and oxygen atoms in total. The van der Waals surface area contributed by atoms with Crippen LogP contribution in [-0.2, 0) is 11.3 Å². The summed E-state index contributed by atoms with van der Waals surface area (Å²) in [5, 5.41) is 6.61. The summed E-state index contributed by atoms with van der Waals surface area (Å²) in [6.07, 6.45) is 3.82. The van der Waals surface area contributed by atoms with Gasteiger partial charge in [-0.2, -0.15) is 0 Å². The molecule has 0 aliphatic heterocycles. The van der Waals surface area contributed by atoms with Gasteiger partial charge in [0.25, 0.3) is 0 Å². The normalized spacial score (nSPS) is 22.5. The Labute approximate surface area is 115 Å². The van der Waals surface area contributed by atoms with Gasteiger partial charge in [0.15, 0.2) is 5.82 Å². The van der Waals surface area contributed by atoms with Crippen LogP contribution in [0, 0.1) is 5.92 Å². The lowest BCUT2D eigenvalue weighted by molar-refractivity contribution is 0.128. The van der Waals surface area contributed by atoms with Crippen LogP contribution in [0.25, 0.3) is 0 Å². The second-order valence-electron chi connectivity index (χ2n) is 5.10. The van der Waals surface area contributed by atoms with Crippen molar-refractivity contribution in [2.45, 2.75) is 45.8 Å². The molecule has 0 amide bonds. The number of hydrogen-bond acceptors (Lipinski definition) is 5. The average Bonchev–Trinajstić information content (AvgIpc) is 2.81. The molecule has 2 unspecified atom stereocenters. The smallest absolute Gasteiger partial charge is 0.158 e. The van der Waals surface area contributed by atoms with E-state index in [9.17, 15) is 0 Å². The zero-order valence-corrected chi connectivity index (χ0v) is 12.1. The van der Waals surface area contributed by atoms with Crippen molar-refractivity contribution in [2.24, 2.45) is 5.92 Å². The van der Waals surface area contributed by atoms with Gasteiger partial charge in [-0.15, -0.1) is 0 Å². The molecule has 19 heavy (non-hydrogen) atoms. The highest BCUT2D eigenvalue weighted by molar-refractivity contribution is 5.47. The molecule has 2 atom stereocenters. The van der Waals surface area contributed by atoms with Crippen LogP contribution in [0.4, 0.5) is 11.6 Å². The minimum absolute atomic E-state index is 0.459. The van der Waals surface area contributed by atoms with E-state index in [0.717, 1.165) is 17.5 Å². The van der Waals surface area contributed by atoms with Crippen molar-refractivity contribution in [1.82, 2.24) is 9.97 Å². The zero-order chi connectivity index (χ0) is 13.7. The summed E-state index contributed by atoms with van der Waals surface area (Å²) in [4.78, 5) is 8.93. The summed E-state index contributed by atoms with van der Waals surface area (Å²) in [5.41, 5.74) is 0. The molecule has 1 heterocycles. The van der Waals surface area contributed by atoms with Crippen LogP contribution in [0.2, 0.25) is 0 Å². The molecule has 5 heteroatoms. The number of hydrogen-bond donors (Lipinski definition) is 2. The van der Waals surface area contributed by atoms with E-state index < -0.39 is 0 Å². The third kappa shape index (κ3) is 3.80. The molecular formula is C14H24N4O. The maximum Gasteiger partial charge on any atom is 0.158 e. The average molecular weight is 264 g/mol. The highest BCUT2D eigenvalue weighted by Crippen LogP contribution is 2.27. The lowest BCUT2D eigenvalue weighted by Crippen LogP contribution is -2.23. The first kappa shape index (κ1) is 14.1. The van der Waals surface area contributed by atoms with Crippen LogP contribution < -0.4 is 10.6 Å². The summed E-state index contributed by atoms with van der Waals surface area (Å²) in [5.74, 6) is 3.16. The molecular weight excluding hydrogens is 240 g/mol. The highest BCUT2D eigenvalue weighted by atomic mass is 16.5. The van der Waals surface area contributed by atoms with Crippen LogP contribution in [0.5, 0.6) is 0 Å². The fraction of sp³-hybridized carbons (Fsp3) is 0.714. The van der Waals surface area contributed by atoms with Crippen molar-refractivity contribution in [2.75, 3.05) is 24.3 Å². The Hall–Kier alpha value is -1.36. The summed E-state index contributed by atoms with van der Waals surface area (Å²) in [6.45, 7) is 5.41. The van der Waals surface area contributed by atoms with Crippen LogP contribution in [0.15, 0.2) is 6.07 Å². The van der Waals surface area contributed by atoms with Crippen LogP contribution in [0.3, 0.4) is 0 Å². The maximum atomic E-state index is 5.38. The highest BCUT2D eigenvalue weighted by Gasteiger charge is 2.23. The minimum Gasteiger partial charge on any atom is -0.374 e. The Bertz CT molecular complexity index is 410.